The Morgan fingerprint density at radius 3 is 2.24 bits per heavy atom. The Labute approximate surface area is 191 Å². The van der Waals surface area contributed by atoms with Crippen molar-refractivity contribution < 1.29 is 26.7 Å². The second-order valence-corrected chi connectivity index (χ2v) is 9.39. The van der Waals surface area contributed by atoms with Gasteiger partial charge >= 0.3 is 0 Å². The topological polar surface area (TPSA) is 75.7 Å². The zero-order chi connectivity index (χ0) is 24.0. The number of anilines is 1. The summed E-state index contributed by atoms with van der Waals surface area (Å²) in [5.41, 5.74) is 1.34. The lowest BCUT2D eigenvalue weighted by Gasteiger charge is -2.23. The Morgan fingerprint density at radius 1 is 1.00 bits per heavy atom. The van der Waals surface area contributed by atoms with E-state index >= 15 is 0 Å². The van der Waals surface area contributed by atoms with Crippen molar-refractivity contribution in [2.45, 2.75) is 19.5 Å². The molecule has 3 aromatic carbocycles. The number of carbonyl (C=O) groups excluding carboxylic acids is 1. The molecule has 0 heterocycles. The molecule has 9 heteroatoms. The smallest absolute Gasteiger partial charge is 0.258 e. The van der Waals surface area contributed by atoms with Crippen LogP contribution in [0.4, 0.5) is 14.5 Å². The fourth-order valence-corrected chi connectivity index (χ4v) is 4.04. The maximum atomic E-state index is 14.0. The van der Waals surface area contributed by atoms with Gasteiger partial charge in [0.1, 0.15) is 17.4 Å². The minimum atomic E-state index is -3.68. The zero-order valence-electron chi connectivity index (χ0n) is 18.2. The lowest BCUT2D eigenvalue weighted by molar-refractivity contribution is -0.123. The first kappa shape index (κ1) is 24.2. The molecule has 0 fully saturated rings. The van der Waals surface area contributed by atoms with Gasteiger partial charge in [-0.15, -0.1) is 0 Å². The fraction of sp³-hybridized carbons (Fsp3) is 0.208. The van der Waals surface area contributed by atoms with Crippen LogP contribution in [0.15, 0.2) is 72.8 Å². The van der Waals surface area contributed by atoms with Gasteiger partial charge in [0.15, 0.2) is 6.61 Å². The summed E-state index contributed by atoms with van der Waals surface area (Å²) in [5, 5.41) is 2.76. The maximum Gasteiger partial charge on any atom is 0.258 e. The number of halogens is 2. The Hall–Kier alpha value is -3.46. The number of hydrogen-bond donors (Lipinski definition) is 1. The molecule has 0 saturated heterocycles. The third-order valence-corrected chi connectivity index (χ3v) is 6.05. The van der Waals surface area contributed by atoms with E-state index in [1.54, 1.807) is 25.1 Å². The molecule has 0 aliphatic heterocycles. The van der Waals surface area contributed by atoms with Gasteiger partial charge in [-0.3, -0.25) is 9.10 Å². The van der Waals surface area contributed by atoms with E-state index in [-0.39, 0.29) is 36.5 Å². The predicted octanol–water partition coefficient (Wildman–Crippen LogP) is 4.19. The molecule has 1 N–H and O–H groups in total. The molecule has 174 valence electrons. The van der Waals surface area contributed by atoms with E-state index in [9.17, 15) is 22.0 Å². The molecule has 1 amide bonds. The molecule has 0 aromatic heterocycles. The number of ether oxygens (including phenoxy) is 1. The quantitative estimate of drug-likeness (QED) is 0.505. The predicted molar refractivity (Wildman–Crippen MR) is 122 cm³/mol. The van der Waals surface area contributed by atoms with Gasteiger partial charge in [0, 0.05) is 5.56 Å². The zero-order valence-corrected chi connectivity index (χ0v) is 19.0. The SMILES string of the molecule is C[C@@H](NC(=O)COc1ccc(N(Cc2ccccc2F)S(C)(=O)=O)cc1)c1ccc(F)cc1. The van der Waals surface area contributed by atoms with Crippen LogP contribution < -0.4 is 14.4 Å². The van der Waals surface area contributed by atoms with Crippen LogP contribution >= 0.6 is 0 Å². The normalized spacial score (nSPS) is 12.1. The number of carbonyl (C=O) groups is 1. The van der Waals surface area contributed by atoms with Crippen LogP contribution in [0.25, 0.3) is 0 Å². The maximum absolute atomic E-state index is 14.0. The molecule has 0 aliphatic carbocycles. The van der Waals surface area contributed by atoms with Crippen LogP contribution in [0.1, 0.15) is 24.1 Å². The largest absolute Gasteiger partial charge is 0.484 e. The van der Waals surface area contributed by atoms with Crippen LogP contribution in [0.5, 0.6) is 5.75 Å². The molecule has 0 spiro atoms. The van der Waals surface area contributed by atoms with E-state index in [1.165, 1.54) is 54.6 Å². The van der Waals surface area contributed by atoms with Gasteiger partial charge < -0.3 is 10.1 Å². The van der Waals surface area contributed by atoms with Crippen molar-refractivity contribution in [2.24, 2.45) is 0 Å². The number of amides is 1. The second kappa shape index (κ2) is 10.4. The number of sulfonamides is 1. The van der Waals surface area contributed by atoms with E-state index in [2.05, 4.69) is 5.32 Å². The highest BCUT2D eigenvalue weighted by Crippen LogP contribution is 2.24. The van der Waals surface area contributed by atoms with Gasteiger partial charge in [0.05, 0.1) is 24.5 Å². The third-order valence-electron chi connectivity index (χ3n) is 4.91. The Morgan fingerprint density at radius 2 is 1.64 bits per heavy atom. The molecule has 0 radical (unpaired) electrons. The molecule has 0 aliphatic rings. The van der Waals surface area contributed by atoms with Gasteiger partial charge in [0.25, 0.3) is 5.91 Å². The van der Waals surface area contributed by atoms with Crippen molar-refractivity contribution in [2.75, 3.05) is 17.2 Å². The lowest BCUT2D eigenvalue weighted by Crippen LogP contribution is -2.31. The van der Waals surface area contributed by atoms with Crippen molar-refractivity contribution in [3.05, 3.63) is 95.6 Å². The lowest BCUT2D eigenvalue weighted by atomic mass is 10.1. The Bertz CT molecular complexity index is 1200. The van der Waals surface area contributed by atoms with Crippen molar-refractivity contribution in [1.29, 1.82) is 0 Å². The first-order chi connectivity index (χ1) is 15.6. The first-order valence-electron chi connectivity index (χ1n) is 10.1. The molecule has 0 bridgehead atoms. The van der Waals surface area contributed by atoms with Crippen LogP contribution in [0.2, 0.25) is 0 Å². The molecule has 1 atom stereocenters. The number of hydrogen-bond acceptors (Lipinski definition) is 4. The number of rotatable bonds is 9. The van der Waals surface area contributed by atoms with Crippen LogP contribution in [0, 0.1) is 11.6 Å². The van der Waals surface area contributed by atoms with E-state index in [1.807, 2.05) is 0 Å². The van der Waals surface area contributed by atoms with Gasteiger partial charge in [0.2, 0.25) is 10.0 Å². The molecule has 33 heavy (non-hydrogen) atoms. The summed E-state index contributed by atoms with van der Waals surface area (Å²) in [4.78, 5) is 12.2. The van der Waals surface area contributed by atoms with Crippen LogP contribution in [-0.2, 0) is 21.4 Å². The summed E-state index contributed by atoms with van der Waals surface area (Å²) < 4.78 is 58.2. The fourth-order valence-electron chi connectivity index (χ4n) is 3.16. The summed E-state index contributed by atoms with van der Waals surface area (Å²) in [6.07, 6.45) is 1.05. The highest BCUT2D eigenvalue weighted by atomic mass is 32.2. The summed E-state index contributed by atoms with van der Waals surface area (Å²) in [6.45, 7) is 1.36. The van der Waals surface area contributed by atoms with Gasteiger partial charge in [-0.25, -0.2) is 17.2 Å². The van der Waals surface area contributed by atoms with E-state index in [0.29, 0.717) is 11.4 Å². The minimum Gasteiger partial charge on any atom is -0.484 e. The molecule has 0 unspecified atom stereocenters. The third kappa shape index (κ3) is 6.76. The molecule has 3 aromatic rings. The van der Waals surface area contributed by atoms with E-state index in [4.69, 9.17) is 4.74 Å². The standard InChI is InChI=1S/C24H24F2N2O4S/c1-17(18-7-9-20(25)10-8-18)27-24(29)16-32-22-13-11-21(12-14-22)28(33(2,30)31)15-19-5-3-4-6-23(19)26/h3-14,17H,15-16H2,1-2H3,(H,27,29)/t17-/m1/s1. The van der Waals surface area contributed by atoms with Crippen molar-refractivity contribution >= 4 is 21.6 Å². The van der Waals surface area contributed by atoms with Crippen molar-refractivity contribution in [1.82, 2.24) is 5.32 Å². The van der Waals surface area contributed by atoms with Crippen molar-refractivity contribution in [3.63, 3.8) is 0 Å². The van der Waals surface area contributed by atoms with Gasteiger partial charge in [-0.1, -0.05) is 30.3 Å². The summed E-state index contributed by atoms with van der Waals surface area (Å²) in [6, 6.07) is 17.6. The molecule has 3 rings (SSSR count). The van der Waals surface area contributed by atoms with Gasteiger partial charge in [-0.05, 0) is 55.0 Å². The van der Waals surface area contributed by atoms with Gasteiger partial charge in [-0.2, -0.15) is 0 Å². The molecular formula is C24H24F2N2O4S. The molecular weight excluding hydrogens is 450 g/mol. The van der Waals surface area contributed by atoms with Crippen LogP contribution in [-0.4, -0.2) is 27.2 Å². The first-order valence-corrected chi connectivity index (χ1v) is 12.0. The highest BCUT2D eigenvalue weighted by Gasteiger charge is 2.19. The Kier molecular flexibility index (Phi) is 7.65. The monoisotopic (exact) mass is 474 g/mol. The number of benzene rings is 3. The van der Waals surface area contributed by atoms with Crippen LogP contribution in [0.3, 0.4) is 0 Å². The average Bonchev–Trinajstić information content (AvgIpc) is 2.77. The molecule has 0 saturated carbocycles. The average molecular weight is 475 g/mol. The highest BCUT2D eigenvalue weighted by molar-refractivity contribution is 7.92. The summed E-state index contributed by atoms with van der Waals surface area (Å²) in [7, 11) is -3.68. The van der Waals surface area contributed by atoms with E-state index < -0.39 is 15.8 Å². The summed E-state index contributed by atoms with van der Waals surface area (Å²) >= 11 is 0. The number of nitrogens with zero attached hydrogens (tertiary/aromatic N) is 1. The second-order valence-electron chi connectivity index (χ2n) is 7.48. The number of nitrogens with one attached hydrogen (secondary N) is 1. The van der Waals surface area contributed by atoms with E-state index in [0.717, 1.165) is 16.1 Å². The Balaban J connectivity index is 1.61. The summed E-state index contributed by atoms with van der Waals surface area (Å²) in [5.74, 6) is -0.852. The minimum absolute atomic E-state index is 0.157. The molecule has 6 nitrogen and oxygen atoms in total. The van der Waals surface area contributed by atoms with Crippen molar-refractivity contribution in [3.8, 4) is 5.75 Å².